The molecule has 2 rings (SSSR count). The van der Waals surface area contributed by atoms with Crippen molar-refractivity contribution in [3.05, 3.63) is 32.6 Å². The van der Waals surface area contributed by atoms with Crippen molar-refractivity contribution in [2.75, 3.05) is 13.7 Å². The molecule has 20 heavy (non-hydrogen) atoms. The lowest BCUT2D eigenvalue weighted by molar-refractivity contribution is -0.0625. The van der Waals surface area contributed by atoms with E-state index in [2.05, 4.69) is 0 Å². The lowest BCUT2D eigenvalue weighted by atomic mass is 10.1. The van der Waals surface area contributed by atoms with Crippen LogP contribution in [0.1, 0.15) is 16.6 Å². The summed E-state index contributed by atoms with van der Waals surface area (Å²) in [6.07, 6.45) is -2.73. The van der Waals surface area contributed by atoms with E-state index in [1.54, 1.807) is 0 Å². The Morgan fingerprint density at radius 1 is 1.55 bits per heavy atom. The molecule has 4 atom stereocenters. The molecule has 0 aliphatic carbocycles. The Morgan fingerprint density at radius 3 is 2.80 bits per heavy atom. The summed E-state index contributed by atoms with van der Waals surface area (Å²) < 4.78 is 11.3. The summed E-state index contributed by atoms with van der Waals surface area (Å²) in [6, 6.07) is 0. The topological polar surface area (TPSA) is 131 Å². The second kappa shape index (κ2) is 5.67. The summed E-state index contributed by atoms with van der Waals surface area (Å²) >= 11 is 0. The first-order chi connectivity index (χ1) is 9.53. The number of carbonyl (C=O) groups is 1. The van der Waals surface area contributed by atoms with Crippen LogP contribution in [0.5, 0.6) is 0 Å². The van der Waals surface area contributed by atoms with Gasteiger partial charge in [0, 0.05) is 13.3 Å². The maximum Gasteiger partial charge on any atom is 0.330 e. The fourth-order valence-electron chi connectivity index (χ4n) is 2.12. The van der Waals surface area contributed by atoms with Crippen molar-refractivity contribution < 1.29 is 24.5 Å². The van der Waals surface area contributed by atoms with E-state index in [1.807, 2.05) is 4.98 Å². The van der Waals surface area contributed by atoms with Gasteiger partial charge in [-0.05, 0) is 0 Å². The zero-order valence-electron chi connectivity index (χ0n) is 10.6. The SMILES string of the molecule is COC1C(O)C(CO)OC1n1cc(C=O)c(=O)[nH]c1=O. The summed E-state index contributed by atoms with van der Waals surface area (Å²) in [5.41, 5.74) is -1.88. The van der Waals surface area contributed by atoms with E-state index in [1.165, 1.54) is 7.11 Å². The van der Waals surface area contributed by atoms with Gasteiger partial charge in [-0.2, -0.15) is 0 Å². The third-order valence-electron chi connectivity index (χ3n) is 3.16. The van der Waals surface area contributed by atoms with Crippen LogP contribution in [-0.4, -0.2) is 58.1 Å². The van der Waals surface area contributed by atoms with Crippen LogP contribution in [0.15, 0.2) is 15.8 Å². The zero-order valence-corrected chi connectivity index (χ0v) is 10.6. The molecule has 1 fully saturated rings. The Bertz CT molecular complexity index is 608. The number of nitrogens with zero attached hydrogens (tertiary/aromatic N) is 1. The monoisotopic (exact) mass is 286 g/mol. The van der Waals surface area contributed by atoms with E-state index in [0.717, 1.165) is 10.8 Å². The number of aliphatic hydroxyl groups is 2. The molecule has 9 nitrogen and oxygen atoms in total. The van der Waals surface area contributed by atoms with E-state index in [4.69, 9.17) is 14.6 Å². The molecular weight excluding hydrogens is 272 g/mol. The number of hydrogen-bond acceptors (Lipinski definition) is 7. The van der Waals surface area contributed by atoms with Crippen LogP contribution >= 0.6 is 0 Å². The summed E-state index contributed by atoms with van der Waals surface area (Å²) in [7, 11) is 1.31. The molecule has 4 unspecified atom stereocenters. The second-order valence-corrected chi connectivity index (χ2v) is 4.31. The number of nitrogens with one attached hydrogen (secondary N) is 1. The van der Waals surface area contributed by atoms with E-state index in [9.17, 15) is 19.5 Å². The quantitative estimate of drug-likeness (QED) is 0.526. The summed E-state index contributed by atoms with van der Waals surface area (Å²) in [6.45, 7) is -0.462. The van der Waals surface area contributed by atoms with Gasteiger partial charge in [0.1, 0.15) is 18.3 Å². The van der Waals surface area contributed by atoms with Crippen LogP contribution < -0.4 is 11.2 Å². The number of carbonyl (C=O) groups excluding carboxylic acids is 1. The van der Waals surface area contributed by atoms with Crippen LogP contribution in [0.3, 0.4) is 0 Å². The van der Waals surface area contributed by atoms with Crippen molar-refractivity contribution in [3.8, 4) is 0 Å². The smallest absolute Gasteiger partial charge is 0.330 e. The van der Waals surface area contributed by atoms with Crippen molar-refractivity contribution in [3.63, 3.8) is 0 Å². The Labute approximate surface area is 112 Å². The number of methoxy groups -OCH3 is 1. The van der Waals surface area contributed by atoms with Crippen LogP contribution in [0, 0.1) is 0 Å². The first-order valence-corrected chi connectivity index (χ1v) is 5.81. The van der Waals surface area contributed by atoms with E-state index < -0.39 is 42.4 Å². The molecule has 1 saturated heterocycles. The van der Waals surface area contributed by atoms with Gasteiger partial charge in [-0.15, -0.1) is 0 Å². The number of aliphatic hydroxyl groups excluding tert-OH is 2. The van der Waals surface area contributed by atoms with Crippen LogP contribution in [0.25, 0.3) is 0 Å². The number of aromatic amines is 1. The predicted molar refractivity (Wildman–Crippen MR) is 64.5 cm³/mol. The molecule has 110 valence electrons. The summed E-state index contributed by atoms with van der Waals surface area (Å²) in [5, 5.41) is 19.0. The van der Waals surface area contributed by atoms with Gasteiger partial charge in [0.05, 0.1) is 12.2 Å². The van der Waals surface area contributed by atoms with Crippen molar-refractivity contribution >= 4 is 6.29 Å². The predicted octanol–water partition coefficient (Wildman–Crippen LogP) is -2.39. The second-order valence-electron chi connectivity index (χ2n) is 4.31. The largest absolute Gasteiger partial charge is 0.394 e. The number of aromatic nitrogens is 2. The van der Waals surface area contributed by atoms with Gasteiger partial charge in [-0.1, -0.05) is 0 Å². The van der Waals surface area contributed by atoms with E-state index in [0.29, 0.717) is 6.29 Å². The molecule has 0 aromatic carbocycles. The van der Waals surface area contributed by atoms with Gasteiger partial charge in [0.15, 0.2) is 12.5 Å². The van der Waals surface area contributed by atoms with Gasteiger partial charge in [-0.25, -0.2) is 4.79 Å². The average molecular weight is 286 g/mol. The number of ether oxygens (including phenoxy) is 2. The molecule has 0 radical (unpaired) electrons. The molecule has 3 N–H and O–H groups in total. The third kappa shape index (κ3) is 2.31. The Morgan fingerprint density at radius 2 is 2.25 bits per heavy atom. The highest BCUT2D eigenvalue weighted by atomic mass is 16.6. The van der Waals surface area contributed by atoms with Gasteiger partial charge in [0.2, 0.25) is 0 Å². The molecule has 1 aromatic heterocycles. The molecule has 1 aliphatic rings. The molecule has 2 heterocycles. The standard InChI is InChI=1S/C11H14N2O7/c1-19-8-7(16)6(4-15)20-10(8)13-2-5(3-14)9(17)12-11(13)18/h2-3,6-8,10,15-16H,4H2,1H3,(H,12,17,18). The number of H-pyrrole nitrogens is 1. The molecule has 0 spiro atoms. The van der Waals surface area contributed by atoms with Crippen LogP contribution in [-0.2, 0) is 9.47 Å². The highest BCUT2D eigenvalue weighted by Gasteiger charge is 2.45. The molecule has 1 aliphatic heterocycles. The van der Waals surface area contributed by atoms with Gasteiger partial charge < -0.3 is 19.7 Å². The van der Waals surface area contributed by atoms with E-state index in [-0.39, 0.29) is 5.56 Å². The maximum absolute atomic E-state index is 11.8. The van der Waals surface area contributed by atoms with Gasteiger partial charge >= 0.3 is 5.69 Å². The van der Waals surface area contributed by atoms with Crippen molar-refractivity contribution in [1.29, 1.82) is 0 Å². The first-order valence-electron chi connectivity index (χ1n) is 5.81. The van der Waals surface area contributed by atoms with Crippen LogP contribution in [0.4, 0.5) is 0 Å². The maximum atomic E-state index is 11.8. The summed E-state index contributed by atoms with van der Waals surface area (Å²) in [5.74, 6) is 0. The van der Waals surface area contributed by atoms with Gasteiger partial charge in [-0.3, -0.25) is 19.1 Å². The normalized spacial score (nSPS) is 29.6. The molecule has 0 saturated carbocycles. The fourth-order valence-corrected chi connectivity index (χ4v) is 2.12. The van der Waals surface area contributed by atoms with Gasteiger partial charge in [0.25, 0.3) is 5.56 Å². The number of hydrogen-bond donors (Lipinski definition) is 3. The molecule has 0 bridgehead atoms. The fraction of sp³-hybridized carbons (Fsp3) is 0.545. The number of rotatable bonds is 4. The lowest BCUT2D eigenvalue weighted by Gasteiger charge is -2.20. The van der Waals surface area contributed by atoms with E-state index >= 15 is 0 Å². The molecule has 9 heteroatoms. The lowest BCUT2D eigenvalue weighted by Crippen LogP contribution is -2.39. The Balaban J connectivity index is 2.48. The first kappa shape index (κ1) is 14.6. The molecular formula is C11H14N2O7. The van der Waals surface area contributed by atoms with Crippen molar-refractivity contribution in [2.24, 2.45) is 0 Å². The third-order valence-corrected chi connectivity index (χ3v) is 3.16. The Hall–Kier alpha value is -1.81. The minimum absolute atomic E-state index is 0.259. The van der Waals surface area contributed by atoms with Crippen LogP contribution in [0.2, 0.25) is 0 Å². The van der Waals surface area contributed by atoms with Crippen molar-refractivity contribution in [1.82, 2.24) is 9.55 Å². The minimum Gasteiger partial charge on any atom is -0.394 e. The van der Waals surface area contributed by atoms with Crippen molar-refractivity contribution in [2.45, 2.75) is 24.5 Å². The Kier molecular flexibility index (Phi) is 4.14. The highest BCUT2D eigenvalue weighted by Crippen LogP contribution is 2.30. The zero-order chi connectivity index (χ0) is 14.9. The highest BCUT2D eigenvalue weighted by molar-refractivity contribution is 5.73. The molecule has 0 amide bonds. The molecule has 1 aromatic rings. The summed E-state index contributed by atoms with van der Waals surface area (Å²) in [4.78, 5) is 35.8. The number of aldehydes is 1. The average Bonchev–Trinajstić information content (AvgIpc) is 2.75. The minimum atomic E-state index is -1.14.